The van der Waals surface area contributed by atoms with Crippen molar-refractivity contribution in [3.05, 3.63) is 178 Å². The molecule has 4 amide bonds. The number of ketones is 2. The van der Waals surface area contributed by atoms with Crippen LogP contribution < -0.4 is 26.2 Å². The monoisotopic (exact) mass is 1500 g/mol. The van der Waals surface area contributed by atoms with E-state index in [2.05, 4.69) is 94.9 Å². The highest BCUT2D eigenvalue weighted by atomic mass is 32.2. The van der Waals surface area contributed by atoms with Crippen LogP contribution in [0.1, 0.15) is 178 Å². The van der Waals surface area contributed by atoms with E-state index in [1.165, 1.54) is 11.8 Å². The van der Waals surface area contributed by atoms with Crippen LogP contribution in [0.25, 0.3) is 0 Å². The van der Waals surface area contributed by atoms with E-state index < -0.39 is 90.7 Å². The maximum atomic E-state index is 15.0. The van der Waals surface area contributed by atoms with E-state index in [0.29, 0.717) is 58.0 Å². The number of hydrogen-bond acceptors (Lipinski definition) is 14. The zero-order valence-electron chi connectivity index (χ0n) is 60.6. The molecule has 4 atom stereocenters. The highest BCUT2D eigenvalue weighted by molar-refractivity contribution is 8.03. The lowest BCUT2D eigenvalue weighted by molar-refractivity contribution is -0.438. The highest BCUT2D eigenvalue weighted by Gasteiger charge is 2.45. The summed E-state index contributed by atoms with van der Waals surface area (Å²) in [5.74, 6) is -7.10. The van der Waals surface area contributed by atoms with Crippen molar-refractivity contribution in [1.29, 1.82) is 0 Å². The zero-order valence-corrected chi connectivity index (χ0v) is 63.0. The minimum atomic E-state index is -4.17. The number of carbonyl (C=O) groups excluding carboxylic acids is 5. The van der Waals surface area contributed by atoms with Crippen molar-refractivity contribution in [2.75, 3.05) is 41.8 Å². The Morgan fingerprint density at radius 2 is 1.19 bits per heavy atom. The van der Waals surface area contributed by atoms with Crippen LogP contribution in [-0.4, -0.2) is 154 Å². The van der Waals surface area contributed by atoms with Crippen LogP contribution >= 0.6 is 11.8 Å². The molecule has 105 heavy (non-hydrogen) atoms. The third-order valence-electron chi connectivity index (χ3n) is 19.5. The Morgan fingerprint density at radius 1 is 0.590 bits per heavy atom. The largest absolute Gasteiger partial charge is 0.481 e. The number of nitrogens with one attached hydrogen (secondary N) is 4. The average Bonchev–Trinajstić information content (AvgIpc) is 1.60. The Bertz CT molecular complexity index is 4110. The van der Waals surface area contributed by atoms with E-state index in [0.717, 1.165) is 86.8 Å². The van der Waals surface area contributed by atoms with Gasteiger partial charge in [0, 0.05) is 103 Å². The normalized spacial score (nSPS) is 16.7. The standard InChI is InChI=1S/C79H102N6O17S3/c1-78(2)61-34-17-19-36-66(61)84(47-21-23-49-104(97,98)99)69(78)44-40-57-31-25-32-58(41-45-70-79(3,4)62-35-18-20-37-67(62)85(70)48-22-24-50-105(100,101)102)73(57)103-54-65(76(94)95)82-74(91)59(51-55-27-11-9-12-28-55)53-68(87)64(52-56-29-13-10-14-30-56)81-71(88)38-16-8-6-5-7-15-33-60(86)42-43-63(75(92)93)83-77(96)80-46-26-39-72(89)90/h9-14,17-20,27-30,34-37,40-41,44-45,59,63-65H,5-8,15-16,21-26,31-33,38-39,42-43,46-54H2,1-4H3,(H8-,80,81,82,83,88,89,90,91,92,93,94,95,96,97,98,99,100,101,102)/p+1/t59-,63+,64+,65-/m1/s1. The second-order valence-electron chi connectivity index (χ2n) is 28.3. The van der Waals surface area contributed by atoms with Crippen molar-refractivity contribution in [1.82, 2.24) is 21.3 Å². The Kier molecular flexibility index (Phi) is 32.1. The summed E-state index contributed by atoms with van der Waals surface area (Å²) < 4.78 is 68.4. The van der Waals surface area contributed by atoms with E-state index in [4.69, 9.17) is 5.11 Å². The van der Waals surface area contributed by atoms with E-state index in [-0.39, 0.29) is 106 Å². The van der Waals surface area contributed by atoms with Crippen LogP contribution in [0.4, 0.5) is 16.2 Å². The van der Waals surface area contributed by atoms with Crippen molar-refractivity contribution in [3.63, 3.8) is 0 Å². The summed E-state index contributed by atoms with van der Waals surface area (Å²) in [6, 6.07) is 29.8. The predicted molar refractivity (Wildman–Crippen MR) is 407 cm³/mol. The summed E-state index contributed by atoms with van der Waals surface area (Å²) >= 11 is 1.31. The van der Waals surface area contributed by atoms with Crippen LogP contribution in [0.5, 0.6) is 0 Å². The molecule has 2 aliphatic heterocycles. The number of benzene rings is 4. The number of unbranched alkanes of at least 4 members (excludes halogenated alkanes) is 7. The topological polar surface area (TPSA) is 360 Å². The number of aliphatic carboxylic acids is 3. The molecule has 568 valence electrons. The minimum absolute atomic E-state index is 0.0459. The average molecular weight is 1500 g/mol. The van der Waals surface area contributed by atoms with Crippen LogP contribution in [0.3, 0.4) is 0 Å². The van der Waals surface area contributed by atoms with E-state index >= 15 is 0 Å². The first-order valence-corrected chi connectivity index (χ1v) is 40.5. The Hall–Kier alpha value is -8.56. The first kappa shape index (κ1) is 83.7. The predicted octanol–water partition coefficient (Wildman–Crippen LogP) is 11.9. The number of amides is 4. The minimum Gasteiger partial charge on any atom is -0.481 e. The van der Waals surface area contributed by atoms with Crippen LogP contribution in [0, 0.1) is 5.92 Å². The van der Waals surface area contributed by atoms with Gasteiger partial charge in [0.1, 0.15) is 24.4 Å². The van der Waals surface area contributed by atoms with Gasteiger partial charge in [-0.2, -0.15) is 21.4 Å². The Labute approximate surface area is 621 Å². The molecule has 3 aliphatic rings. The van der Waals surface area contributed by atoms with Gasteiger partial charge in [0.2, 0.25) is 17.5 Å². The number of hydrogen-bond donors (Lipinski definition) is 9. The number of carboxylic acid groups (broad SMARTS) is 3. The molecule has 0 spiro atoms. The first-order valence-electron chi connectivity index (χ1n) is 36.3. The number of Topliss-reactive ketones (excluding diaryl/α,β-unsaturated/α-hetero) is 2. The molecule has 1 aliphatic carbocycles. The lowest BCUT2D eigenvalue weighted by Crippen LogP contribution is -2.48. The van der Waals surface area contributed by atoms with Crippen LogP contribution in [-0.2, 0) is 77.5 Å². The van der Waals surface area contributed by atoms with E-state index in [1.807, 2.05) is 97.1 Å². The molecule has 7 rings (SSSR count). The molecule has 0 saturated heterocycles. The number of allylic oxidation sites excluding steroid dienone is 7. The summed E-state index contributed by atoms with van der Waals surface area (Å²) in [5.41, 5.74) is 8.36. The first-order chi connectivity index (χ1) is 49.9. The number of para-hydroxylation sites is 2. The van der Waals surface area contributed by atoms with Gasteiger partial charge in [-0.05, 0) is 131 Å². The highest BCUT2D eigenvalue weighted by Crippen LogP contribution is 2.49. The van der Waals surface area contributed by atoms with Crippen molar-refractivity contribution < 1.29 is 84.2 Å². The number of urea groups is 1. The van der Waals surface area contributed by atoms with Crippen molar-refractivity contribution in [3.8, 4) is 0 Å². The molecular weight excluding hydrogens is 1400 g/mol. The maximum absolute atomic E-state index is 15.0. The third kappa shape index (κ3) is 26.5. The van der Waals surface area contributed by atoms with Gasteiger partial charge in [-0.3, -0.25) is 33.1 Å². The molecule has 26 heteroatoms. The van der Waals surface area contributed by atoms with Gasteiger partial charge >= 0.3 is 23.9 Å². The molecule has 9 N–H and O–H groups in total. The summed E-state index contributed by atoms with van der Waals surface area (Å²) in [4.78, 5) is 107. The fourth-order valence-electron chi connectivity index (χ4n) is 13.8. The molecule has 0 aromatic heterocycles. The van der Waals surface area contributed by atoms with Crippen molar-refractivity contribution in [2.45, 2.75) is 198 Å². The van der Waals surface area contributed by atoms with Gasteiger partial charge in [-0.1, -0.05) is 149 Å². The number of carboxylic acids is 3. The van der Waals surface area contributed by atoms with E-state index in [9.17, 15) is 74.5 Å². The van der Waals surface area contributed by atoms with Gasteiger partial charge in [0.05, 0.1) is 23.0 Å². The molecule has 4 aromatic carbocycles. The summed E-state index contributed by atoms with van der Waals surface area (Å²) in [7, 11) is -8.34. The number of fused-ring (bicyclic) bond motifs is 2. The molecule has 2 heterocycles. The molecule has 0 saturated carbocycles. The number of nitrogens with zero attached hydrogens (tertiary/aromatic N) is 2. The van der Waals surface area contributed by atoms with Crippen LogP contribution in [0.2, 0.25) is 0 Å². The summed E-state index contributed by atoms with van der Waals surface area (Å²) in [5, 5.41) is 40.0. The molecule has 0 fully saturated rings. The smallest absolute Gasteiger partial charge is 0.327 e. The zero-order chi connectivity index (χ0) is 76.3. The van der Waals surface area contributed by atoms with Crippen molar-refractivity contribution >= 4 is 96.4 Å². The summed E-state index contributed by atoms with van der Waals surface area (Å²) in [6.07, 6.45) is 15.8. The van der Waals surface area contributed by atoms with Gasteiger partial charge in [-0.25, -0.2) is 14.4 Å². The van der Waals surface area contributed by atoms with Crippen LogP contribution in [0.15, 0.2) is 155 Å². The Morgan fingerprint density at radius 3 is 1.84 bits per heavy atom. The number of thioether (sulfide) groups is 1. The maximum Gasteiger partial charge on any atom is 0.327 e. The lowest BCUT2D eigenvalue weighted by atomic mass is 9.81. The molecule has 0 bridgehead atoms. The molecule has 23 nitrogen and oxygen atoms in total. The lowest BCUT2D eigenvalue weighted by Gasteiger charge is -2.28. The van der Waals surface area contributed by atoms with Gasteiger partial charge in [-0.15, -0.1) is 11.8 Å². The Balaban J connectivity index is 1.08. The number of carbonyl (C=O) groups is 8. The molecule has 0 unspecified atom stereocenters. The second kappa shape index (κ2) is 40.2. The van der Waals surface area contributed by atoms with Gasteiger partial charge in [0.15, 0.2) is 11.5 Å². The van der Waals surface area contributed by atoms with Gasteiger partial charge in [0.25, 0.3) is 20.2 Å². The van der Waals surface area contributed by atoms with Crippen molar-refractivity contribution in [2.24, 2.45) is 5.92 Å². The van der Waals surface area contributed by atoms with Gasteiger partial charge < -0.3 is 41.5 Å². The fourth-order valence-corrected chi connectivity index (χ4v) is 16.2. The molecule has 4 aromatic rings. The molecular formula is C79H103N6O17S3+. The quantitative estimate of drug-likeness (QED) is 0.0113. The summed E-state index contributed by atoms with van der Waals surface area (Å²) in [6.45, 7) is 9.50. The third-order valence-corrected chi connectivity index (χ3v) is 22.4. The fraction of sp³-hybridized carbons (Fsp3) is 0.481. The second-order valence-corrected chi connectivity index (χ2v) is 32.5. The SMILES string of the molecule is CC1(C)C(=CC=C2CCCC(C=CC3=[N+](CCCCS(=O)(=O)O)c4ccccc4C3(C)C)=C2SC[C@@H](NC(=O)[C@@H](CC(=O)[C@H](Cc2ccccc2)NC(=O)CCCCCCCCC(=O)CC[C@H](NC(=O)NCCCC(=O)O)C(=O)O)Cc2ccccc2)C(=O)O)N(CCCCS(=O)(=O)O)c2ccccc21. The molecule has 0 radical (unpaired) electrons. The number of anilines is 1. The van der Waals surface area contributed by atoms with E-state index in [1.54, 1.807) is 0 Å². The number of rotatable bonds is 45.